The molecule has 0 radical (unpaired) electrons. The zero-order valence-corrected chi connectivity index (χ0v) is 15.8. The molecule has 1 unspecified atom stereocenters. The molecule has 0 bridgehead atoms. The first-order valence-electron chi connectivity index (χ1n) is 7.84. The molecule has 0 saturated heterocycles. The summed E-state index contributed by atoms with van der Waals surface area (Å²) in [7, 11) is -1.22. The van der Waals surface area contributed by atoms with E-state index in [1.54, 1.807) is 7.05 Å². The van der Waals surface area contributed by atoms with Gasteiger partial charge in [-0.1, -0.05) is 17.7 Å². The predicted molar refractivity (Wildman–Crippen MR) is 97.8 cm³/mol. The Morgan fingerprint density at radius 1 is 1.22 bits per heavy atom. The third-order valence-electron chi connectivity index (χ3n) is 3.80. The average molecular weight is 340 g/mol. The van der Waals surface area contributed by atoms with Crippen molar-refractivity contribution in [3.05, 3.63) is 34.4 Å². The Hall–Kier alpha value is -1.56. The first-order chi connectivity index (χ1) is 10.6. The Morgan fingerprint density at radius 3 is 2.26 bits per heavy atom. The SMILES string of the molecule is CN=C(NCc1c(C)cc(C)cc1C)NC(C)CCS(C)(=O)=O. The number of nitrogens with one attached hydrogen (secondary N) is 2. The Bertz CT molecular complexity index is 643. The summed E-state index contributed by atoms with van der Waals surface area (Å²) >= 11 is 0. The van der Waals surface area contributed by atoms with E-state index in [-0.39, 0.29) is 11.8 Å². The number of aryl methyl sites for hydroxylation is 3. The highest BCUT2D eigenvalue weighted by Gasteiger charge is 2.10. The summed E-state index contributed by atoms with van der Waals surface area (Å²) in [5, 5.41) is 6.54. The van der Waals surface area contributed by atoms with Gasteiger partial charge in [0.15, 0.2) is 5.96 Å². The summed E-state index contributed by atoms with van der Waals surface area (Å²) in [6.07, 6.45) is 1.82. The number of aliphatic imine (C=N–C) groups is 1. The molecule has 1 aromatic rings. The maximum Gasteiger partial charge on any atom is 0.191 e. The van der Waals surface area contributed by atoms with E-state index in [1.807, 2.05) is 6.92 Å². The molecule has 5 nitrogen and oxygen atoms in total. The van der Waals surface area contributed by atoms with Gasteiger partial charge in [-0.05, 0) is 50.8 Å². The van der Waals surface area contributed by atoms with E-state index in [0.29, 0.717) is 18.9 Å². The second kappa shape index (κ2) is 8.34. The molecule has 0 aliphatic carbocycles. The van der Waals surface area contributed by atoms with Crippen molar-refractivity contribution in [1.82, 2.24) is 10.6 Å². The quantitative estimate of drug-likeness (QED) is 0.615. The zero-order chi connectivity index (χ0) is 17.6. The number of sulfone groups is 1. The van der Waals surface area contributed by atoms with Gasteiger partial charge in [0.05, 0.1) is 5.75 Å². The molecule has 0 saturated carbocycles. The van der Waals surface area contributed by atoms with Crippen molar-refractivity contribution in [2.75, 3.05) is 19.1 Å². The molecule has 1 rings (SSSR count). The molecule has 0 aliphatic heterocycles. The maximum absolute atomic E-state index is 11.2. The van der Waals surface area contributed by atoms with Gasteiger partial charge in [-0.15, -0.1) is 0 Å². The van der Waals surface area contributed by atoms with E-state index >= 15 is 0 Å². The smallest absolute Gasteiger partial charge is 0.191 e. The maximum atomic E-state index is 11.2. The second-order valence-corrected chi connectivity index (χ2v) is 8.53. The number of nitrogens with zero attached hydrogens (tertiary/aromatic N) is 1. The van der Waals surface area contributed by atoms with Crippen LogP contribution in [0.2, 0.25) is 0 Å². The van der Waals surface area contributed by atoms with Gasteiger partial charge >= 0.3 is 0 Å². The Labute approximate surface area is 140 Å². The van der Waals surface area contributed by atoms with Crippen LogP contribution in [-0.4, -0.2) is 39.5 Å². The van der Waals surface area contributed by atoms with E-state index in [0.717, 1.165) is 0 Å². The average Bonchev–Trinajstić information content (AvgIpc) is 2.41. The number of rotatable bonds is 6. The minimum atomic E-state index is -2.93. The summed E-state index contributed by atoms with van der Waals surface area (Å²) in [4.78, 5) is 4.21. The van der Waals surface area contributed by atoms with Crippen LogP contribution in [0.3, 0.4) is 0 Å². The topological polar surface area (TPSA) is 70.6 Å². The molecule has 0 fully saturated rings. The van der Waals surface area contributed by atoms with Crippen molar-refractivity contribution in [3.8, 4) is 0 Å². The van der Waals surface area contributed by atoms with Gasteiger partial charge in [-0.25, -0.2) is 8.42 Å². The lowest BCUT2D eigenvalue weighted by atomic mass is 10.00. The molecule has 130 valence electrons. The van der Waals surface area contributed by atoms with Crippen LogP contribution >= 0.6 is 0 Å². The van der Waals surface area contributed by atoms with Gasteiger partial charge < -0.3 is 10.6 Å². The fourth-order valence-electron chi connectivity index (χ4n) is 2.55. The Balaban J connectivity index is 2.61. The minimum absolute atomic E-state index is 0.0381. The van der Waals surface area contributed by atoms with Crippen molar-refractivity contribution >= 4 is 15.8 Å². The molecule has 0 spiro atoms. The monoisotopic (exact) mass is 339 g/mol. The van der Waals surface area contributed by atoms with E-state index in [2.05, 4.69) is 48.5 Å². The van der Waals surface area contributed by atoms with Crippen LogP contribution in [0.1, 0.15) is 35.6 Å². The summed E-state index contributed by atoms with van der Waals surface area (Å²) in [5.41, 5.74) is 5.05. The van der Waals surface area contributed by atoms with Crippen molar-refractivity contribution in [2.45, 2.75) is 46.7 Å². The molecule has 1 atom stereocenters. The zero-order valence-electron chi connectivity index (χ0n) is 15.0. The number of hydrogen-bond donors (Lipinski definition) is 2. The second-order valence-electron chi connectivity index (χ2n) is 6.27. The summed E-state index contributed by atoms with van der Waals surface area (Å²) < 4.78 is 22.5. The molecule has 0 amide bonds. The van der Waals surface area contributed by atoms with Gasteiger partial charge in [0.25, 0.3) is 0 Å². The molecule has 23 heavy (non-hydrogen) atoms. The van der Waals surface area contributed by atoms with E-state index in [4.69, 9.17) is 0 Å². The largest absolute Gasteiger partial charge is 0.354 e. The molecule has 6 heteroatoms. The van der Waals surface area contributed by atoms with Crippen LogP contribution in [0, 0.1) is 20.8 Å². The summed E-state index contributed by atoms with van der Waals surface area (Å²) in [6.45, 7) is 8.97. The first kappa shape index (κ1) is 19.5. The predicted octanol–water partition coefficient (Wildman–Crippen LogP) is 2.10. The van der Waals surface area contributed by atoms with Crippen LogP contribution in [0.5, 0.6) is 0 Å². The highest BCUT2D eigenvalue weighted by molar-refractivity contribution is 7.90. The van der Waals surface area contributed by atoms with E-state index in [9.17, 15) is 8.42 Å². The van der Waals surface area contributed by atoms with Crippen molar-refractivity contribution in [3.63, 3.8) is 0 Å². The number of hydrogen-bond acceptors (Lipinski definition) is 3. The van der Waals surface area contributed by atoms with Gasteiger partial charge in [-0.2, -0.15) is 0 Å². The lowest BCUT2D eigenvalue weighted by Gasteiger charge is -2.19. The standard InChI is InChI=1S/C17H29N3O2S/c1-12-9-13(2)16(14(3)10-12)11-19-17(18-5)20-15(4)7-8-23(6,21)22/h9-10,15H,7-8,11H2,1-6H3,(H2,18,19,20). The van der Waals surface area contributed by atoms with Crippen LogP contribution in [0.15, 0.2) is 17.1 Å². The first-order valence-corrected chi connectivity index (χ1v) is 9.90. The molecule has 0 heterocycles. The molecule has 1 aromatic carbocycles. The van der Waals surface area contributed by atoms with Crippen LogP contribution < -0.4 is 10.6 Å². The van der Waals surface area contributed by atoms with Gasteiger partial charge in [0.2, 0.25) is 0 Å². The Kier molecular flexibility index (Phi) is 7.06. The highest BCUT2D eigenvalue weighted by Crippen LogP contribution is 2.15. The fraction of sp³-hybridized carbons (Fsp3) is 0.588. The van der Waals surface area contributed by atoms with Crippen molar-refractivity contribution in [1.29, 1.82) is 0 Å². The summed E-state index contributed by atoms with van der Waals surface area (Å²) in [6, 6.07) is 4.39. The number of guanidine groups is 1. The lowest BCUT2D eigenvalue weighted by molar-refractivity contribution is 0.581. The molecule has 2 N–H and O–H groups in total. The minimum Gasteiger partial charge on any atom is -0.354 e. The fourth-order valence-corrected chi connectivity index (χ4v) is 3.33. The molecular formula is C17H29N3O2S. The van der Waals surface area contributed by atoms with Gasteiger partial charge in [0.1, 0.15) is 9.84 Å². The van der Waals surface area contributed by atoms with Gasteiger partial charge in [0, 0.05) is 25.9 Å². The summed E-state index contributed by atoms with van der Waals surface area (Å²) in [5.74, 6) is 0.860. The van der Waals surface area contributed by atoms with E-state index in [1.165, 1.54) is 28.5 Å². The van der Waals surface area contributed by atoms with Crippen LogP contribution in [0.25, 0.3) is 0 Å². The third kappa shape index (κ3) is 7.03. The Morgan fingerprint density at radius 2 is 1.78 bits per heavy atom. The number of benzene rings is 1. The molecule has 0 aromatic heterocycles. The van der Waals surface area contributed by atoms with Crippen molar-refractivity contribution in [2.24, 2.45) is 4.99 Å². The molecular weight excluding hydrogens is 310 g/mol. The molecule has 0 aliphatic rings. The highest BCUT2D eigenvalue weighted by atomic mass is 32.2. The van der Waals surface area contributed by atoms with Gasteiger partial charge in [-0.3, -0.25) is 4.99 Å². The van der Waals surface area contributed by atoms with Crippen LogP contribution in [-0.2, 0) is 16.4 Å². The van der Waals surface area contributed by atoms with Crippen LogP contribution in [0.4, 0.5) is 0 Å². The van der Waals surface area contributed by atoms with E-state index < -0.39 is 9.84 Å². The van der Waals surface area contributed by atoms with Crippen molar-refractivity contribution < 1.29 is 8.42 Å². The normalized spacial score (nSPS) is 13.7. The third-order valence-corrected chi connectivity index (χ3v) is 4.78. The lowest BCUT2D eigenvalue weighted by Crippen LogP contribution is -2.42.